The Balaban J connectivity index is 1.87. The number of nitrogens with zero attached hydrogens (tertiary/aromatic N) is 1. The van der Waals surface area contributed by atoms with E-state index < -0.39 is 0 Å². The fourth-order valence-electron chi connectivity index (χ4n) is 3.23. The summed E-state index contributed by atoms with van der Waals surface area (Å²) in [4.78, 5) is 26.3. The summed E-state index contributed by atoms with van der Waals surface area (Å²) in [6.45, 7) is 2.29. The van der Waals surface area contributed by atoms with E-state index in [1.165, 1.54) is 4.90 Å². The zero-order valence-electron chi connectivity index (χ0n) is 12.3. The summed E-state index contributed by atoms with van der Waals surface area (Å²) in [6.07, 6.45) is 5.36. The summed E-state index contributed by atoms with van der Waals surface area (Å²) >= 11 is 0. The highest BCUT2D eigenvalue weighted by atomic mass is 16.5. The van der Waals surface area contributed by atoms with E-state index in [0.717, 1.165) is 11.1 Å². The normalized spacial score (nSPS) is 24.4. The van der Waals surface area contributed by atoms with E-state index in [1.807, 2.05) is 37.3 Å². The minimum Gasteiger partial charge on any atom is -0.496 e. The standard InChI is InChI=1S/C17H19NO3/c1-11-7-8-15(21-2)12(9-11)10-18-16(19)13-5-3-4-6-14(13)17(18)20/h3-4,7-9,13-14H,5-6,10H2,1-2H3. The molecule has 110 valence electrons. The Morgan fingerprint density at radius 3 is 2.33 bits per heavy atom. The van der Waals surface area contributed by atoms with Crippen LogP contribution in [0.5, 0.6) is 5.75 Å². The number of hydrogen-bond acceptors (Lipinski definition) is 3. The van der Waals surface area contributed by atoms with Crippen LogP contribution in [-0.2, 0) is 16.1 Å². The first-order valence-electron chi connectivity index (χ1n) is 7.25. The molecule has 2 unspecified atom stereocenters. The summed E-state index contributed by atoms with van der Waals surface area (Å²) < 4.78 is 5.34. The Morgan fingerprint density at radius 2 is 1.76 bits per heavy atom. The number of carbonyl (C=O) groups excluding carboxylic acids is 2. The van der Waals surface area contributed by atoms with Gasteiger partial charge in [0.25, 0.3) is 0 Å². The van der Waals surface area contributed by atoms with Crippen molar-refractivity contribution in [2.75, 3.05) is 7.11 Å². The van der Waals surface area contributed by atoms with Gasteiger partial charge < -0.3 is 4.74 Å². The van der Waals surface area contributed by atoms with E-state index in [-0.39, 0.29) is 23.7 Å². The van der Waals surface area contributed by atoms with Gasteiger partial charge in [-0.3, -0.25) is 14.5 Å². The first kappa shape index (κ1) is 13.9. The van der Waals surface area contributed by atoms with Crippen molar-refractivity contribution in [1.29, 1.82) is 0 Å². The van der Waals surface area contributed by atoms with Gasteiger partial charge in [0.05, 0.1) is 25.5 Å². The second kappa shape index (κ2) is 5.35. The number of benzene rings is 1. The molecule has 0 N–H and O–H groups in total. The molecular formula is C17H19NO3. The first-order valence-corrected chi connectivity index (χ1v) is 7.25. The second-order valence-electron chi connectivity index (χ2n) is 5.73. The second-order valence-corrected chi connectivity index (χ2v) is 5.73. The lowest BCUT2D eigenvalue weighted by Gasteiger charge is -2.17. The van der Waals surface area contributed by atoms with Gasteiger partial charge in [0.2, 0.25) is 11.8 Å². The molecule has 1 fully saturated rings. The van der Waals surface area contributed by atoms with E-state index >= 15 is 0 Å². The molecule has 0 radical (unpaired) electrons. The summed E-state index contributed by atoms with van der Waals surface area (Å²) in [5, 5.41) is 0. The van der Waals surface area contributed by atoms with Crippen molar-refractivity contribution in [3.63, 3.8) is 0 Å². The molecule has 1 aromatic carbocycles. The van der Waals surface area contributed by atoms with Gasteiger partial charge in [-0.15, -0.1) is 0 Å². The number of fused-ring (bicyclic) bond motifs is 1. The predicted octanol–water partition coefficient (Wildman–Crippen LogP) is 2.45. The van der Waals surface area contributed by atoms with Gasteiger partial charge >= 0.3 is 0 Å². The van der Waals surface area contributed by atoms with Gasteiger partial charge in [-0.1, -0.05) is 29.8 Å². The number of ether oxygens (including phenoxy) is 1. The van der Waals surface area contributed by atoms with Crippen molar-refractivity contribution >= 4 is 11.8 Å². The molecule has 0 bridgehead atoms. The maximum Gasteiger partial charge on any atom is 0.233 e. The molecule has 1 saturated heterocycles. The topological polar surface area (TPSA) is 46.6 Å². The molecule has 2 atom stereocenters. The lowest BCUT2D eigenvalue weighted by atomic mass is 9.85. The van der Waals surface area contributed by atoms with Crippen molar-refractivity contribution in [1.82, 2.24) is 4.90 Å². The molecule has 1 aliphatic carbocycles. The molecule has 2 aliphatic rings. The monoisotopic (exact) mass is 285 g/mol. The Labute approximate surface area is 124 Å². The van der Waals surface area contributed by atoms with Gasteiger partial charge in [-0.05, 0) is 25.8 Å². The number of rotatable bonds is 3. The molecule has 1 aromatic rings. The number of hydrogen-bond donors (Lipinski definition) is 0. The van der Waals surface area contributed by atoms with Crippen molar-refractivity contribution < 1.29 is 14.3 Å². The Bertz CT molecular complexity index is 594. The third kappa shape index (κ3) is 2.35. The van der Waals surface area contributed by atoms with Crippen LogP contribution in [0.15, 0.2) is 30.4 Å². The summed E-state index contributed by atoms with van der Waals surface area (Å²) in [6, 6.07) is 5.81. The predicted molar refractivity (Wildman–Crippen MR) is 78.6 cm³/mol. The molecule has 0 saturated carbocycles. The highest BCUT2D eigenvalue weighted by Crippen LogP contribution is 2.36. The highest BCUT2D eigenvalue weighted by molar-refractivity contribution is 6.05. The Hall–Kier alpha value is -2.10. The summed E-state index contributed by atoms with van der Waals surface area (Å²) in [7, 11) is 1.60. The lowest BCUT2D eigenvalue weighted by Crippen LogP contribution is -2.30. The van der Waals surface area contributed by atoms with Crippen LogP contribution < -0.4 is 4.74 Å². The molecule has 0 spiro atoms. The zero-order chi connectivity index (χ0) is 15.0. The van der Waals surface area contributed by atoms with Crippen molar-refractivity contribution in [2.45, 2.75) is 26.3 Å². The van der Waals surface area contributed by atoms with Crippen LogP contribution in [0.25, 0.3) is 0 Å². The largest absolute Gasteiger partial charge is 0.496 e. The van der Waals surface area contributed by atoms with Gasteiger partial charge in [-0.25, -0.2) is 0 Å². The van der Waals surface area contributed by atoms with Crippen LogP contribution in [0.4, 0.5) is 0 Å². The minimum atomic E-state index is -0.168. The lowest BCUT2D eigenvalue weighted by molar-refractivity contribution is -0.140. The smallest absolute Gasteiger partial charge is 0.233 e. The highest BCUT2D eigenvalue weighted by Gasteiger charge is 2.47. The van der Waals surface area contributed by atoms with Gasteiger partial charge in [0.15, 0.2) is 0 Å². The Kier molecular flexibility index (Phi) is 3.53. The van der Waals surface area contributed by atoms with E-state index in [9.17, 15) is 9.59 Å². The van der Waals surface area contributed by atoms with E-state index in [1.54, 1.807) is 7.11 Å². The van der Waals surface area contributed by atoms with Gasteiger partial charge in [-0.2, -0.15) is 0 Å². The van der Waals surface area contributed by atoms with E-state index in [0.29, 0.717) is 25.1 Å². The van der Waals surface area contributed by atoms with Gasteiger partial charge in [0.1, 0.15) is 5.75 Å². The third-order valence-corrected chi connectivity index (χ3v) is 4.36. The number of carbonyl (C=O) groups is 2. The SMILES string of the molecule is COc1ccc(C)cc1CN1C(=O)C2CC=CCC2C1=O. The van der Waals surface area contributed by atoms with Crippen molar-refractivity contribution in [2.24, 2.45) is 11.8 Å². The number of methoxy groups -OCH3 is 1. The summed E-state index contributed by atoms with van der Waals surface area (Å²) in [5.74, 6) is 0.293. The maximum atomic E-state index is 12.5. The average molecular weight is 285 g/mol. The quantitative estimate of drug-likeness (QED) is 0.633. The Morgan fingerprint density at radius 1 is 1.14 bits per heavy atom. The van der Waals surface area contributed by atoms with Crippen LogP contribution in [0, 0.1) is 18.8 Å². The molecule has 0 aromatic heterocycles. The first-order chi connectivity index (χ1) is 10.1. The third-order valence-electron chi connectivity index (χ3n) is 4.36. The fourth-order valence-corrected chi connectivity index (χ4v) is 3.23. The van der Waals surface area contributed by atoms with Crippen LogP contribution in [0.3, 0.4) is 0 Å². The molecule has 3 rings (SSSR count). The van der Waals surface area contributed by atoms with Crippen LogP contribution in [-0.4, -0.2) is 23.8 Å². The van der Waals surface area contributed by atoms with Crippen LogP contribution in [0.2, 0.25) is 0 Å². The van der Waals surface area contributed by atoms with Crippen LogP contribution >= 0.6 is 0 Å². The summed E-state index contributed by atoms with van der Waals surface area (Å²) in [5.41, 5.74) is 1.97. The molecule has 1 heterocycles. The van der Waals surface area contributed by atoms with E-state index in [4.69, 9.17) is 4.74 Å². The van der Waals surface area contributed by atoms with Crippen LogP contribution in [0.1, 0.15) is 24.0 Å². The number of aryl methyl sites for hydroxylation is 1. The number of likely N-dealkylation sites (tertiary alicyclic amines) is 1. The molecule has 1 aliphatic heterocycles. The molecule has 4 nitrogen and oxygen atoms in total. The molecule has 21 heavy (non-hydrogen) atoms. The van der Waals surface area contributed by atoms with E-state index in [2.05, 4.69) is 0 Å². The fraction of sp³-hybridized carbons (Fsp3) is 0.412. The minimum absolute atomic E-state index is 0.0436. The maximum absolute atomic E-state index is 12.5. The number of allylic oxidation sites excluding steroid dienone is 2. The number of amides is 2. The number of imide groups is 1. The average Bonchev–Trinajstić information content (AvgIpc) is 2.73. The van der Waals surface area contributed by atoms with Crippen molar-refractivity contribution in [3.05, 3.63) is 41.5 Å². The molecule has 2 amide bonds. The van der Waals surface area contributed by atoms with Crippen molar-refractivity contribution in [3.8, 4) is 5.75 Å². The zero-order valence-corrected chi connectivity index (χ0v) is 12.3. The molecule has 4 heteroatoms. The molecular weight excluding hydrogens is 266 g/mol. The van der Waals surface area contributed by atoms with Gasteiger partial charge in [0, 0.05) is 5.56 Å².